The number of anilines is 3. The maximum Gasteiger partial charge on any atom is 0.250 e. The number of rotatable bonds is 6. The normalized spacial score (nSPS) is 22.8. The Morgan fingerprint density at radius 1 is 1.35 bits per heavy atom. The first-order valence-corrected chi connectivity index (χ1v) is 8.16. The molecule has 0 aliphatic carbocycles. The Hall–Kier alpha value is -1.89. The average Bonchev–Trinajstić information content (AvgIpc) is 2.45. The largest absolute Gasteiger partial charge is 0.393 e. The van der Waals surface area contributed by atoms with Crippen LogP contribution in [0.25, 0.3) is 0 Å². The molecule has 4 N–H and O–H groups in total. The van der Waals surface area contributed by atoms with Crippen LogP contribution in [-0.2, 0) is 4.79 Å². The summed E-state index contributed by atoms with van der Waals surface area (Å²) in [6.45, 7) is 9.83. The van der Waals surface area contributed by atoms with Crippen molar-refractivity contribution in [1.82, 2.24) is 9.97 Å². The van der Waals surface area contributed by atoms with Crippen LogP contribution < -0.4 is 16.0 Å². The third kappa shape index (κ3) is 3.72. The Balaban J connectivity index is 2.30. The van der Waals surface area contributed by atoms with E-state index in [0.29, 0.717) is 29.7 Å². The molecule has 0 spiro atoms. The molecule has 0 bridgehead atoms. The first kappa shape index (κ1) is 17.5. The van der Waals surface area contributed by atoms with Gasteiger partial charge in [0.1, 0.15) is 17.6 Å². The highest BCUT2D eigenvalue weighted by molar-refractivity contribution is 6.07. The lowest BCUT2D eigenvalue weighted by atomic mass is 9.91. The number of hydrogen-bond donors (Lipinski definition) is 4. The number of aromatic nitrogens is 2. The van der Waals surface area contributed by atoms with Gasteiger partial charge in [0.15, 0.2) is 11.6 Å². The van der Waals surface area contributed by atoms with Gasteiger partial charge in [0.25, 0.3) is 0 Å². The molecule has 23 heavy (non-hydrogen) atoms. The highest BCUT2D eigenvalue weighted by atomic mass is 16.3. The number of amides is 1. The van der Waals surface area contributed by atoms with E-state index in [0.717, 1.165) is 6.42 Å². The van der Waals surface area contributed by atoms with Crippen molar-refractivity contribution in [3.8, 4) is 0 Å². The van der Waals surface area contributed by atoms with Gasteiger partial charge in [-0.1, -0.05) is 20.8 Å². The molecular formula is C16H27N5O2. The molecule has 7 heteroatoms. The summed E-state index contributed by atoms with van der Waals surface area (Å²) in [4.78, 5) is 21.0. The summed E-state index contributed by atoms with van der Waals surface area (Å²) < 4.78 is 0. The third-order valence-corrected chi connectivity index (χ3v) is 4.25. The monoisotopic (exact) mass is 321 g/mol. The number of fused-ring (bicyclic) bond motifs is 1. The molecule has 0 fully saturated rings. The van der Waals surface area contributed by atoms with Gasteiger partial charge < -0.3 is 21.1 Å². The van der Waals surface area contributed by atoms with Crippen LogP contribution in [-0.4, -0.2) is 38.7 Å². The lowest BCUT2D eigenvalue weighted by Crippen LogP contribution is -2.52. The van der Waals surface area contributed by atoms with E-state index in [9.17, 15) is 9.90 Å². The second kappa shape index (κ2) is 6.70. The van der Waals surface area contributed by atoms with Gasteiger partial charge >= 0.3 is 0 Å². The zero-order valence-corrected chi connectivity index (χ0v) is 14.5. The molecule has 0 saturated heterocycles. The van der Waals surface area contributed by atoms with Crippen LogP contribution in [0.1, 0.15) is 47.5 Å². The minimum absolute atomic E-state index is 0.193. The van der Waals surface area contributed by atoms with Gasteiger partial charge in [0.2, 0.25) is 5.91 Å². The fourth-order valence-corrected chi connectivity index (χ4v) is 2.93. The number of carbonyl (C=O) groups excluding carboxylic acids is 1. The minimum atomic E-state index is -0.894. The summed E-state index contributed by atoms with van der Waals surface area (Å²) in [7, 11) is 0. The summed E-state index contributed by atoms with van der Waals surface area (Å²) in [6, 6.07) is 0.261. The number of hydrogen-bond acceptors (Lipinski definition) is 6. The fraction of sp³-hybridized carbons (Fsp3) is 0.688. The first-order valence-electron chi connectivity index (χ1n) is 8.16. The maximum atomic E-state index is 12.5. The van der Waals surface area contributed by atoms with Gasteiger partial charge in [-0.2, -0.15) is 0 Å². The van der Waals surface area contributed by atoms with Crippen molar-refractivity contribution in [2.75, 3.05) is 16.0 Å². The summed E-state index contributed by atoms with van der Waals surface area (Å²) in [5.41, 5.74) is -0.325. The van der Waals surface area contributed by atoms with Crippen LogP contribution in [0.15, 0.2) is 6.33 Å². The lowest BCUT2D eigenvalue weighted by Gasteiger charge is -2.36. The van der Waals surface area contributed by atoms with Crippen molar-refractivity contribution < 1.29 is 9.90 Å². The van der Waals surface area contributed by atoms with E-state index < -0.39 is 11.6 Å². The number of nitrogens with zero attached hydrogens (tertiary/aromatic N) is 2. The van der Waals surface area contributed by atoms with Crippen LogP contribution >= 0.6 is 0 Å². The van der Waals surface area contributed by atoms with Crippen molar-refractivity contribution in [2.45, 2.75) is 65.1 Å². The van der Waals surface area contributed by atoms with Gasteiger partial charge in [-0.3, -0.25) is 4.79 Å². The summed E-state index contributed by atoms with van der Waals surface area (Å²) in [5.74, 6) is 1.44. The number of aliphatic hydroxyl groups is 1. The minimum Gasteiger partial charge on any atom is -0.393 e. The predicted molar refractivity (Wildman–Crippen MR) is 91.5 cm³/mol. The molecule has 7 nitrogen and oxygen atoms in total. The third-order valence-electron chi connectivity index (χ3n) is 4.25. The molecule has 1 aliphatic heterocycles. The standard InChI is InChI=1S/C16H27N5O2/c1-6-11(9(2)3)19-13-12-14(18-8-17-13)21-16(5,7-10(4)22)15(23)20-12/h8-11,22H,6-7H2,1-5H3,(H,20,23)(H2,17,18,19,21). The Bertz CT molecular complexity index is 576. The smallest absolute Gasteiger partial charge is 0.250 e. The number of nitrogens with one attached hydrogen (secondary N) is 3. The molecule has 128 valence electrons. The van der Waals surface area contributed by atoms with E-state index in [1.165, 1.54) is 6.33 Å². The molecule has 1 aliphatic rings. The first-order chi connectivity index (χ1) is 10.8. The highest BCUT2D eigenvalue weighted by Crippen LogP contribution is 2.36. The molecule has 0 aromatic carbocycles. The van der Waals surface area contributed by atoms with Gasteiger partial charge in [0.05, 0.1) is 6.10 Å². The predicted octanol–water partition coefficient (Wildman–Crippen LogP) is 2.22. The molecule has 1 amide bonds. The van der Waals surface area contributed by atoms with E-state index in [1.54, 1.807) is 13.8 Å². The van der Waals surface area contributed by atoms with Crippen LogP contribution in [0.3, 0.4) is 0 Å². The van der Waals surface area contributed by atoms with Crippen LogP contribution in [0.5, 0.6) is 0 Å². The Labute approximate surface area is 137 Å². The van der Waals surface area contributed by atoms with Gasteiger partial charge in [0, 0.05) is 12.5 Å². The fourth-order valence-electron chi connectivity index (χ4n) is 2.93. The molecule has 0 radical (unpaired) electrons. The summed E-state index contributed by atoms with van der Waals surface area (Å²) in [5, 5.41) is 19.1. The van der Waals surface area contributed by atoms with Crippen molar-refractivity contribution in [3.05, 3.63) is 6.33 Å². The van der Waals surface area contributed by atoms with Crippen LogP contribution in [0, 0.1) is 5.92 Å². The van der Waals surface area contributed by atoms with Crippen molar-refractivity contribution in [3.63, 3.8) is 0 Å². The molecule has 0 saturated carbocycles. The summed E-state index contributed by atoms with van der Waals surface area (Å²) >= 11 is 0. The van der Waals surface area contributed by atoms with Crippen LogP contribution in [0.4, 0.5) is 17.3 Å². The van der Waals surface area contributed by atoms with E-state index in [2.05, 4.69) is 46.7 Å². The molecule has 1 aromatic heterocycles. The number of aliphatic hydroxyl groups excluding tert-OH is 1. The molecule has 1 aromatic rings. The zero-order valence-electron chi connectivity index (χ0n) is 14.5. The SMILES string of the molecule is CCC(Nc1ncnc2c1NC(=O)C(C)(CC(C)O)N2)C(C)C. The topological polar surface area (TPSA) is 99.2 Å². The van der Waals surface area contributed by atoms with E-state index in [1.807, 2.05) is 0 Å². The lowest BCUT2D eigenvalue weighted by molar-refractivity contribution is -0.121. The van der Waals surface area contributed by atoms with Crippen molar-refractivity contribution >= 4 is 23.2 Å². The average molecular weight is 321 g/mol. The Morgan fingerprint density at radius 3 is 2.61 bits per heavy atom. The Kier molecular flexibility index (Phi) is 5.09. The van der Waals surface area contributed by atoms with E-state index in [-0.39, 0.29) is 11.9 Å². The van der Waals surface area contributed by atoms with E-state index in [4.69, 9.17) is 0 Å². The van der Waals surface area contributed by atoms with E-state index >= 15 is 0 Å². The van der Waals surface area contributed by atoms with Gasteiger partial charge in [-0.15, -0.1) is 0 Å². The highest BCUT2D eigenvalue weighted by Gasteiger charge is 2.40. The second-order valence-electron chi connectivity index (χ2n) is 6.81. The van der Waals surface area contributed by atoms with Gasteiger partial charge in [-0.25, -0.2) is 9.97 Å². The maximum absolute atomic E-state index is 12.5. The summed E-state index contributed by atoms with van der Waals surface area (Å²) in [6.07, 6.45) is 2.14. The Morgan fingerprint density at radius 2 is 2.04 bits per heavy atom. The van der Waals surface area contributed by atoms with Crippen molar-refractivity contribution in [1.29, 1.82) is 0 Å². The zero-order chi connectivity index (χ0) is 17.2. The molecule has 2 rings (SSSR count). The van der Waals surface area contributed by atoms with Gasteiger partial charge in [-0.05, 0) is 26.2 Å². The van der Waals surface area contributed by atoms with Crippen molar-refractivity contribution in [2.24, 2.45) is 5.92 Å². The molecular weight excluding hydrogens is 294 g/mol. The quantitative estimate of drug-likeness (QED) is 0.641. The van der Waals surface area contributed by atoms with Crippen LogP contribution in [0.2, 0.25) is 0 Å². The molecule has 2 heterocycles. The molecule has 3 unspecified atom stereocenters. The number of carbonyl (C=O) groups is 1. The molecule has 3 atom stereocenters. The second-order valence-corrected chi connectivity index (χ2v) is 6.81.